The van der Waals surface area contributed by atoms with E-state index >= 15 is 0 Å². The van der Waals surface area contributed by atoms with E-state index in [9.17, 15) is 4.79 Å². The van der Waals surface area contributed by atoms with Gasteiger partial charge in [0.05, 0.1) is 6.61 Å². The van der Waals surface area contributed by atoms with Crippen molar-refractivity contribution in [3.63, 3.8) is 0 Å². The van der Waals surface area contributed by atoms with Crippen molar-refractivity contribution < 1.29 is 9.53 Å². The molecule has 1 unspecified atom stereocenters. The summed E-state index contributed by atoms with van der Waals surface area (Å²) in [4.78, 5) is 12.1. The number of nitrogens with one attached hydrogen (secondary N) is 1. The maximum absolute atomic E-state index is 12.1. The molecule has 3 heteroatoms. The van der Waals surface area contributed by atoms with Gasteiger partial charge in [0.2, 0.25) is 0 Å². The standard InChI is InChI=1S/C16H23NO2/c1-2-19-16(18)15(17-14-10-6-7-11-14)12-13-8-4-3-5-9-13/h3-5,8-9,14-15,17H,2,6-7,10-12H2,1H3. The average molecular weight is 261 g/mol. The Kier molecular flexibility index (Phi) is 5.40. The lowest BCUT2D eigenvalue weighted by atomic mass is 10.0. The smallest absolute Gasteiger partial charge is 0.323 e. The number of benzene rings is 1. The molecule has 3 nitrogen and oxygen atoms in total. The van der Waals surface area contributed by atoms with E-state index in [1.165, 1.54) is 31.2 Å². The van der Waals surface area contributed by atoms with Gasteiger partial charge in [-0.2, -0.15) is 0 Å². The van der Waals surface area contributed by atoms with Gasteiger partial charge in [0, 0.05) is 6.04 Å². The summed E-state index contributed by atoms with van der Waals surface area (Å²) in [6, 6.07) is 10.4. The molecule has 0 aliphatic heterocycles. The van der Waals surface area contributed by atoms with Crippen LogP contribution >= 0.6 is 0 Å². The molecule has 1 aromatic rings. The van der Waals surface area contributed by atoms with Gasteiger partial charge < -0.3 is 10.1 Å². The van der Waals surface area contributed by atoms with E-state index in [2.05, 4.69) is 17.4 Å². The van der Waals surface area contributed by atoms with Crippen molar-refractivity contribution >= 4 is 5.97 Å². The van der Waals surface area contributed by atoms with Gasteiger partial charge in [-0.15, -0.1) is 0 Å². The molecule has 1 aromatic carbocycles. The fourth-order valence-electron chi connectivity index (χ4n) is 2.68. The van der Waals surface area contributed by atoms with Crippen LogP contribution in [0, 0.1) is 0 Å². The van der Waals surface area contributed by atoms with Crippen molar-refractivity contribution in [1.29, 1.82) is 0 Å². The number of carbonyl (C=O) groups excluding carboxylic acids is 1. The number of hydrogen-bond acceptors (Lipinski definition) is 3. The normalized spacial score (nSPS) is 17.3. The lowest BCUT2D eigenvalue weighted by molar-refractivity contribution is -0.145. The molecule has 1 atom stereocenters. The van der Waals surface area contributed by atoms with Gasteiger partial charge in [-0.3, -0.25) is 4.79 Å². The summed E-state index contributed by atoms with van der Waals surface area (Å²) in [7, 11) is 0. The molecule has 1 aliphatic carbocycles. The molecule has 2 rings (SSSR count). The van der Waals surface area contributed by atoms with E-state index in [-0.39, 0.29) is 12.0 Å². The Morgan fingerprint density at radius 3 is 2.63 bits per heavy atom. The van der Waals surface area contributed by atoms with Crippen molar-refractivity contribution in [3.05, 3.63) is 35.9 Å². The van der Waals surface area contributed by atoms with Crippen LogP contribution in [0.25, 0.3) is 0 Å². The molecule has 0 aromatic heterocycles. The fourth-order valence-corrected chi connectivity index (χ4v) is 2.68. The zero-order chi connectivity index (χ0) is 13.5. The zero-order valence-electron chi connectivity index (χ0n) is 11.6. The average Bonchev–Trinajstić information content (AvgIpc) is 2.92. The fraction of sp³-hybridized carbons (Fsp3) is 0.562. The van der Waals surface area contributed by atoms with E-state index in [4.69, 9.17) is 4.74 Å². The predicted octanol–water partition coefficient (Wildman–Crippen LogP) is 2.69. The third-order valence-electron chi connectivity index (χ3n) is 3.65. The molecule has 1 saturated carbocycles. The third-order valence-corrected chi connectivity index (χ3v) is 3.65. The van der Waals surface area contributed by atoms with E-state index < -0.39 is 0 Å². The molecule has 1 fully saturated rings. The van der Waals surface area contributed by atoms with Crippen LogP contribution in [0.3, 0.4) is 0 Å². The Morgan fingerprint density at radius 1 is 1.32 bits per heavy atom. The van der Waals surface area contributed by atoms with Crippen LogP contribution in [0.1, 0.15) is 38.2 Å². The molecule has 0 radical (unpaired) electrons. The first-order valence-electron chi connectivity index (χ1n) is 7.26. The van der Waals surface area contributed by atoms with Gasteiger partial charge in [-0.1, -0.05) is 43.2 Å². The van der Waals surface area contributed by atoms with Gasteiger partial charge in [0.25, 0.3) is 0 Å². The molecular formula is C16H23NO2. The van der Waals surface area contributed by atoms with Crippen molar-refractivity contribution in [2.24, 2.45) is 0 Å². The second-order valence-corrected chi connectivity index (χ2v) is 5.14. The molecular weight excluding hydrogens is 238 g/mol. The predicted molar refractivity (Wildman–Crippen MR) is 76.0 cm³/mol. The van der Waals surface area contributed by atoms with Gasteiger partial charge in [-0.25, -0.2) is 0 Å². The summed E-state index contributed by atoms with van der Waals surface area (Å²) in [5, 5.41) is 3.47. The quantitative estimate of drug-likeness (QED) is 0.800. The van der Waals surface area contributed by atoms with E-state index in [0.717, 1.165) is 0 Å². The van der Waals surface area contributed by atoms with Gasteiger partial charge in [-0.05, 0) is 31.7 Å². The number of carbonyl (C=O) groups is 1. The molecule has 104 valence electrons. The van der Waals surface area contributed by atoms with Gasteiger partial charge in [0.15, 0.2) is 0 Å². The first-order chi connectivity index (χ1) is 9.29. The SMILES string of the molecule is CCOC(=O)C(Cc1ccccc1)NC1CCCC1. The highest BCUT2D eigenvalue weighted by molar-refractivity contribution is 5.76. The lowest BCUT2D eigenvalue weighted by Crippen LogP contribution is -2.44. The number of esters is 1. The van der Waals surface area contributed by atoms with Crippen molar-refractivity contribution in [2.45, 2.75) is 51.1 Å². The molecule has 19 heavy (non-hydrogen) atoms. The maximum Gasteiger partial charge on any atom is 0.323 e. The number of hydrogen-bond donors (Lipinski definition) is 1. The van der Waals surface area contributed by atoms with Crippen molar-refractivity contribution in [1.82, 2.24) is 5.32 Å². The topological polar surface area (TPSA) is 38.3 Å². The van der Waals surface area contributed by atoms with Crippen LogP contribution < -0.4 is 5.32 Å². The Bertz CT molecular complexity index is 385. The van der Waals surface area contributed by atoms with E-state index in [0.29, 0.717) is 19.1 Å². The minimum atomic E-state index is -0.217. The molecule has 0 amide bonds. The van der Waals surface area contributed by atoms with Gasteiger partial charge in [0.1, 0.15) is 6.04 Å². The lowest BCUT2D eigenvalue weighted by Gasteiger charge is -2.21. The Labute approximate surface area is 115 Å². The van der Waals surface area contributed by atoms with Crippen LogP contribution in [-0.2, 0) is 16.0 Å². The Balaban J connectivity index is 1.98. The summed E-state index contributed by atoms with van der Waals surface area (Å²) < 4.78 is 5.19. The Morgan fingerprint density at radius 2 is 2.00 bits per heavy atom. The van der Waals surface area contributed by atoms with Crippen molar-refractivity contribution in [2.75, 3.05) is 6.61 Å². The number of rotatable bonds is 6. The third kappa shape index (κ3) is 4.35. The van der Waals surface area contributed by atoms with Crippen LogP contribution in [0.4, 0.5) is 0 Å². The van der Waals surface area contributed by atoms with Crippen LogP contribution in [-0.4, -0.2) is 24.7 Å². The summed E-state index contributed by atoms with van der Waals surface area (Å²) in [5.41, 5.74) is 1.17. The van der Waals surface area contributed by atoms with Gasteiger partial charge >= 0.3 is 5.97 Å². The zero-order valence-corrected chi connectivity index (χ0v) is 11.6. The van der Waals surface area contributed by atoms with Crippen LogP contribution in [0.15, 0.2) is 30.3 Å². The molecule has 1 N–H and O–H groups in total. The van der Waals surface area contributed by atoms with Crippen molar-refractivity contribution in [3.8, 4) is 0 Å². The molecule has 0 spiro atoms. The molecule has 0 heterocycles. The summed E-state index contributed by atoms with van der Waals surface area (Å²) in [6.45, 7) is 2.30. The van der Waals surface area contributed by atoms with Crippen LogP contribution in [0.5, 0.6) is 0 Å². The second-order valence-electron chi connectivity index (χ2n) is 5.14. The molecule has 1 aliphatic rings. The number of ether oxygens (including phenoxy) is 1. The summed E-state index contributed by atoms with van der Waals surface area (Å²) in [5.74, 6) is -0.127. The second kappa shape index (κ2) is 7.29. The molecule has 0 bridgehead atoms. The highest BCUT2D eigenvalue weighted by Gasteiger charge is 2.25. The van der Waals surface area contributed by atoms with Crippen LogP contribution in [0.2, 0.25) is 0 Å². The first kappa shape index (κ1) is 14.1. The highest BCUT2D eigenvalue weighted by atomic mass is 16.5. The summed E-state index contributed by atoms with van der Waals surface area (Å²) in [6.07, 6.45) is 5.57. The monoisotopic (exact) mass is 261 g/mol. The molecule has 0 saturated heterocycles. The highest BCUT2D eigenvalue weighted by Crippen LogP contribution is 2.19. The summed E-state index contributed by atoms with van der Waals surface area (Å²) >= 11 is 0. The minimum absolute atomic E-state index is 0.127. The minimum Gasteiger partial charge on any atom is -0.465 e. The first-order valence-corrected chi connectivity index (χ1v) is 7.26. The largest absolute Gasteiger partial charge is 0.465 e. The van der Waals surface area contributed by atoms with E-state index in [1.807, 2.05) is 25.1 Å². The van der Waals surface area contributed by atoms with E-state index in [1.54, 1.807) is 0 Å². The Hall–Kier alpha value is -1.35. The maximum atomic E-state index is 12.1.